The van der Waals surface area contributed by atoms with Gasteiger partial charge in [-0.2, -0.15) is 17.7 Å². The first kappa shape index (κ1) is 18.1. The molecule has 0 amide bonds. The lowest BCUT2D eigenvalue weighted by atomic mass is 10.1. The zero-order valence-electron chi connectivity index (χ0n) is 14.7. The highest BCUT2D eigenvalue weighted by atomic mass is 19.4. The summed E-state index contributed by atoms with van der Waals surface area (Å²) in [5.41, 5.74) is 1.76. The van der Waals surface area contributed by atoms with E-state index in [0.717, 1.165) is 12.8 Å². The molecule has 0 saturated heterocycles. The van der Waals surface area contributed by atoms with Crippen LogP contribution in [-0.2, 0) is 17.5 Å². The van der Waals surface area contributed by atoms with Gasteiger partial charge in [-0.15, -0.1) is 15.3 Å². The molecule has 0 aliphatic heterocycles. The van der Waals surface area contributed by atoms with Crippen LogP contribution in [0.15, 0.2) is 24.3 Å². The number of hydrogen-bond donors (Lipinski definition) is 1. The van der Waals surface area contributed by atoms with Crippen LogP contribution in [0.1, 0.15) is 46.3 Å². The van der Waals surface area contributed by atoms with Gasteiger partial charge in [-0.3, -0.25) is 4.98 Å². The van der Waals surface area contributed by atoms with Gasteiger partial charge >= 0.3 is 12.1 Å². The number of anilines is 1. The molecule has 146 valence electrons. The van der Waals surface area contributed by atoms with Crippen molar-refractivity contribution >= 4 is 17.4 Å². The van der Waals surface area contributed by atoms with Crippen LogP contribution in [0.3, 0.4) is 0 Å². The van der Waals surface area contributed by atoms with Crippen molar-refractivity contribution in [3.63, 3.8) is 0 Å². The summed E-state index contributed by atoms with van der Waals surface area (Å²) in [4.78, 5) is 16.4. The minimum atomic E-state index is -4.66. The SMILES string of the molecule is COC(=O)c1ccc(CNc2ccc3nnc(C(F)(F)F)n3n2)nc1C1CC1. The Labute approximate surface area is 156 Å². The summed E-state index contributed by atoms with van der Waals surface area (Å²) in [7, 11) is 1.32. The van der Waals surface area contributed by atoms with Crippen LogP contribution in [0.2, 0.25) is 0 Å². The van der Waals surface area contributed by atoms with Gasteiger partial charge in [-0.1, -0.05) is 0 Å². The third-order valence-corrected chi connectivity index (χ3v) is 4.32. The molecule has 28 heavy (non-hydrogen) atoms. The molecule has 3 aromatic heterocycles. The number of methoxy groups -OCH3 is 1. The van der Waals surface area contributed by atoms with E-state index in [-0.39, 0.29) is 23.9 Å². The van der Waals surface area contributed by atoms with Crippen LogP contribution < -0.4 is 5.32 Å². The summed E-state index contributed by atoms with van der Waals surface area (Å²) in [5.74, 6) is -1.18. The van der Waals surface area contributed by atoms with E-state index in [1.54, 1.807) is 12.1 Å². The standard InChI is InChI=1S/C17H15F3N6O2/c1-28-15(27)11-5-4-10(22-14(11)9-2-3-9)8-21-12-6-7-13-23-24-16(17(18,19)20)26(13)25-12/h4-7,9H,2-3,8H2,1H3,(H,21,25). The summed E-state index contributed by atoms with van der Waals surface area (Å²) in [5, 5.41) is 13.4. The number of halogens is 3. The highest BCUT2D eigenvalue weighted by molar-refractivity contribution is 5.90. The highest BCUT2D eigenvalue weighted by Gasteiger charge is 2.37. The molecule has 0 atom stereocenters. The number of aromatic nitrogens is 5. The maximum Gasteiger partial charge on any atom is 0.453 e. The molecule has 0 aromatic carbocycles. The fourth-order valence-electron chi connectivity index (χ4n) is 2.81. The molecular weight excluding hydrogens is 377 g/mol. The Morgan fingerprint density at radius 3 is 2.71 bits per heavy atom. The molecule has 0 radical (unpaired) electrons. The molecule has 1 saturated carbocycles. The van der Waals surface area contributed by atoms with Crippen LogP contribution in [-0.4, -0.2) is 37.9 Å². The lowest BCUT2D eigenvalue weighted by molar-refractivity contribution is -0.146. The van der Waals surface area contributed by atoms with Gasteiger partial charge in [0.1, 0.15) is 5.82 Å². The van der Waals surface area contributed by atoms with E-state index >= 15 is 0 Å². The number of nitrogens with zero attached hydrogens (tertiary/aromatic N) is 5. The molecular formula is C17H15F3N6O2. The number of pyridine rings is 1. The zero-order chi connectivity index (χ0) is 19.9. The van der Waals surface area contributed by atoms with Crippen LogP contribution in [0, 0.1) is 0 Å². The number of hydrogen-bond acceptors (Lipinski definition) is 7. The number of alkyl halides is 3. The molecule has 1 fully saturated rings. The monoisotopic (exact) mass is 392 g/mol. The van der Waals surface area contributed by atoms with Crippen LogP contribution in [0.5, 0.6) is 0 Å². The molecule has 3 aromatic rings. The quantitative estimate of drug-likeness (QED) is 0.667. The molecule has 8 nitrogen and oxygen atoms in total. The second-order valence-corrected chi connectivity index (χ2v) is 6.36. The van der Waals surface area contributed by atoms with Gasteiger partial charge in [-0.25, -0.2) is 4.79 Å². The van der Waals surface area contributed by atoms with Gasteiger partial charge in [-0.05, 0) is 37.1 Å². The number of nitrogens with one attached hydrogen (secondary N) is 1. The van der Waals surface area contributed by atoms with Gasteiger partial charge in [0.25, 0.3) is 5.82 Å². The Morgan fingerprint density at radius 1 is 1.25 bits per heavy atom. The highest BCUT2D eigenvalue weighted by Crippen LogP contribution is 2.40. The van der Waals surface area contributed by atoms with Crippen molar-refractivity contribution in [3.8, 4) is 0 Å². The van der Waals surface area contributed by atoms with Gasteiger partial charge in [0, 0.05) is 5.92 Å². The minimum Gasteiger partial charge on any atom is -0.465 e. The van der Waals surface area contributed by atoms with Crippen molar-refractivity contribution < 1.29 is 22.7 Å². The topological polar surface area (TPSA) is 94.3 Å². The Bertz CT molecular complexity index is 1050. The normalized spacial score (nSPS) is 14.3. The van der Waals surface area contributed by atoms with E-state index in [9.17, 15) is 18.0 Å². The third kappa shape index (κ3) is 3.47. The molecule has 1 aliphatic rings. The Morgan fingerprint density at radius 2 is 2.04 bits per heavy atom. The molecule has 0 unspecified atom stereocenters. The smallest absolute Gasteiger partial charge is 0.453 e. The summed E-state index contributed by atoms with van der Waals surface area (Å²) in [6, 6.07) is 6.22. The van der Waals surface area contributed by atoms with Crippen LogP contribution >= 0.6 is 0 Å². The second kappa shape index (κ2) is 6.73. The number of ether oxygens (including phenoxy) is 1. The number of esters is 1. The first-order valence-electron chi connectivity index (χ1n) is 8.48. The van der Waals surface area contributed by atoms with Crippen LogP contribution in [0.4, 0.5) is 19.0 Å². The summed E-state index contributed by atoms with van der Waals surface area (Å²) < 4.78 is 44.3. The minimum absolute atomic E-state index is 0.00514. The summed E-state index contributed by atoms with van der Waals surface area (Å²) in [6.07, 6.45) is -2.74. The van der Waals surface area contributed by atoms with Crippen molar-refractivity contribution in [2.24, 2.45) is 0 Å². The van der Waals surface area contributed by atoms with Gasteiger partial charge in [0.2, 0.25) is 0 Å². The van der Waals surface area contributed by atoms with Gasteiger partial charge in [0.05, 0.1) is 30.6 Å². The van der Waals surface area contributed by atoms with Crippen molar-refractivity contribution in [1.82, 2.24) is 24.8 Å². The predicted molar refractivity (Wildman–Crippen MR) is 90.7 cm³/mol. The Kier molecular flexibility index (Phi) is 4.36. The third-order valence-electron chi connectivity index (χ3n) is 4.32. The zero-order valence-corrected chi connectivity index (χ0v) is 14.7. The second-order valence-electron chi connectivity index (χ2n) is 6.36. The maximum absolute atomic E-state index is 13.0. The number of carbonyl (C=O) groups is 1. The molecule has 1 aliphatic carbocycles. The summed E-state index contributed by atoms with van der Waals surface area (Å²) >= 11 is 0. The van der Waals surface area contributed by atoms with E-state index in [2.05, 4.69) is 25.6 Å². The molecule has 1 N–H and O–H groups in total. The number of carbonyl (C=O) groups excluding carboxylic acids is 1. The van der Waals surface area contributed by atoms with Gasteiger partial charge < -0.3 is 10.1 Å². The van der Waals surface area contributed by atoms with Crippen molar-refractivity contribution in [2.45, 2.75) is 31.5 Å². The van der Waals surface area contributed by atoms with E-state index in [0.29, 0.717) is 21.5 Å². The predicted octanol–water partition coefficient (Wildman–Crippen LogP) is 2.81. The molecule has 3 heterocycles. The lowest BCUT2D eigenvalue weighted by Crippen LogP contribution is -2.14. The van der Waals surface area contributed by atoms with Crippen LogP contribution in [0.25, 0.3) is 5.65 Å². The van der Waals surface area contributed by atoms with Crippen molar-refractivity contribution in [1.29, 1.82) is 0 Å². The number of fused-ring (bicyclic) bond motifs is 1. The van der Waals surface area contributed by atoms with E-state index < -0.39 is 18.0 Å². The lowest BCUT2D eigenvalue weighted by Gasteiger charge is -2.10. The maximum atomic E-state index is 13.0. The van der Waals surface area contributed by atoms with Gasteiger partial charge in [0.15, 0.2) is 5.65 Å². The average Bonchev–Trinajstić information content (AvgIpc) is 3.43. The first-order chi connectivity index (χ1) is 13.4. The first-order valence-corrected chi connectivity index (χ1v) is 8.48. The largest absolute Gasteiger partial charge is 0.465 e. The van der Waals surface area contributed by atoms with E-state index in [4.69, 9.17) is 4.74 Å². The molecule has 11 heteroatoms. The van der Waals surface area contributed by atoms with E-state index in [1.807, 2.05) is 0 Å². The fraction of sp³-hybridized carbons (Fsp3) is 0.353. The molecule has 0 bridgehead atoms. The number of rotatable bonds is 5. The Hall–Kier alpha value is -3.24. The van der Waals surface area contributed by atoms with Crippen molar-refractivity contribution in [2.75, 3.05) is 12.4 Å². The molecule has 0 spiro atoms. The Balaban J connectivity index is 1.56. The fourth-order valence-corrected chi connectivity index (χ4v) is 2.81. The van der Waals surface area contributed by atoms with Crippen molar-refractivity contribution in [3.05, 3.63) is 47.0 Å². The molecule has 4 rings (SSSR count). The summed E-state index contributed by atoms with van der Waals surface area (Å²) in [6.45, 7) is 0.225. The van der Waals surface area contributed by atoms with E-state index in [1.165, 1.54) is 19.2 Å². The average molecular weight is 392 g/mol.